The van der Waals surface area contributed by atoms with E-state index in [-0.39, 0.29) is 11.7 Å². The van der Waals surface area contributed by atoms with Gasteiger partial charge in [0.15, 0.2) is 0 Å². The van der Waals surface area contributed by atoms with Crippen molar-refractivity contribution >= 4 is 21.8 Å². The monoisotopic (exact) mass is 351 g/mol. The average Bonchev–Trinajstić information content (AvgIpc) is 2.45. The Morgan fingerprint density at radius 2 is 1.95 bits per heavy atom. The third kappa shape index (κ3) is 4.56. The Bertz CT molecular complexity index is 629. The van der Waals surface area contributed by atoms with E-state index in [2.05, 4.69) is 21.2 Å². The Kier molecular flexibility index (Phi) is 5.33. The highest BCUT2D eigenvalue weighted by Crippen LogP contribution is 2.17. The number of amides is 1. The normalized spacial score (nSPS) is 10.2. The van der Waals surface area contributed by atoms with Crippen LogP contribution in [0.1, 0.15) is 15.9 Å². The van der Waals surface area contributed by atoms with E-state index in [9.17, 15) is 9.18 Å². The lowest BCUT2D eigenvalue weighted by molar-refractivity contribution is 0.0946. The van der Waals surface area contributed by atoms with Crippen LogP contribution in [-0.2, 0) is 0 Å². The van der Waals surface area contributed by atoms with Crippen molar-refractivity contribution in [1.29, 1.82) is 0 Å². The zero-order chi connectivity index (χ0) is 15.2. The van der Waals surface area contributed by atoms with E-state index < -0.39 is 0 Å². The fraction of sp³-hybridized carbons (Fsp3) is 0.188. The Morgan fingerprint density at radius 1 is 1.24 bits per heavy atom. The molecule has 0 aliphatic heterocycles. The summed E-state index contributed by atoms with van der Waals surface area (Å²) in [5, 5.41) is 2.72. The lowest BCUT2D eigenvalue weighted by atomic mass is 10.2. The molecule has 0 heterocycles. The number of carbonyl (C=O) groups is 1. The number of nitrogens with one attached hydrogen (secondary N) is 1. The average molecular weight is 352 g/mol. The summed E-state index contributed by atoms with van der Waals surface area (Å²) in [6, 6.07) is 11.6. The van der Waals surface area contributed by atoms with Crippen molar-refractivity contribution in [2.24, 2.45) is 0 Å². The van der Waals surface area contributed by atoms with E-state index in [0.717, 1.165) is 11.3 Å². The minimum absolute atomic E-state index is 0.269. The Hall–Kier alpha value is -1.88. The number of carbonyl (C=O) groups excluding carboxylic acids is 1. The van der Waals surface area contributed by atoms with E-state index in [4.69, 9.17) is 4.74 Å². The highest BCUT2D eigenvalue weighted by molar-refractivity contribution is 9.10. The van der Waals surface area contributed by atoms with Gasteiger partial charge >= 0.3 is 0 Å². The molecule has 0 fully saturated rings. The number of halogens is 2. The molecule has 2 rings (SSSR count). The zero-order valence-corrected chi connectivity index (χ0v) is 13.1. The van der Waals surface area contributed by atoms with Crippen molar-refractivity contribution in [2.75, 3.05) is 13.2 Å². The molecule has 21 heavy (non-hydrogen) atoms. The molecule has 0 radical (unpaired) electrons. The number of rotatable bonds is 5. The fourth-order valence-electron chi connectivity index (χ4n) is 1.74. The van der Waals surface area contributed by atoms with Crippen LogP contribution < -0.4 is 10.1 Å². The van der Waals surface area contributed by atoms with Gasteiger partial charge in [-0.25, -0.2) is 4.39 Å². The van der Waals surface area contributed by atoms with Gasteiger partial charge in [-0.1, -0.05) is 17.7 Å². The Morgan fingerprint density at radius 3 is 2.62 bits per heavy atom. The maximum absolute atomic E-state index is 13.0. The molecule has 110 valence electrons. The van der Waals surface area contributed by atoms with Gasteiger partial charge in [0, 0.05) is 4.47 Å². The lowest BCUT2D eigenvalue weighted by Gasteiger charge is -2.09. The SMILES string of the molecule is Cc1ccc(OCCNC(=O)c2ccc(F)cc2Br)cc1. The molecule has 1 N–H and O–H groups in total. The van der Waals surface area contributed by atoms with Gasteiger partial charge in [0.05, 0.1) is 12.1 Å². The summed E-state index contributed by atoms with van der Waals surface area (Å²) in [7, 11) is 0. The summed E-state index contributed by atoms with van der Waals surface area (Å²) in [5.74, 6) is 0.105. The van der Waals surface area contributed by atoms with Gasteiger partial charge < -0.3 is 10.1 Å². The van der Waals surface area contributed by atoms with E-state index in [1.807, 2.05) is 31.2 Å². The zero-order valence-electron chi connectivity index (χ0n) is 11.5. The van der Waals surface area contributed by atoms with Gasteiger partial charge in [-0.2, -0.15) is 0 Å². The molecule has 5 heteroatoms. The van der Waals surface area contributed by atoms with Gasteiger partial charge in [0.1, 0.15) is 18.2 Å². The molecule has 3 nitrogen and oxygen atoms in total. The van der Waals surface area contributed by atoms with Gasteiger partial charge in [0.25, 0.3) is 5.91 Å². The maximum Gasteiger partial charge on any atom is 0.252 e. The number of hydrogen-bond acceptors (Lipinski definition) is 2. The summed E-state index contributed by atoms with van der Waals surface area (Å²) in [6.07, 6.45) is 0. The fourth-order valence-corrected chi connectivity index (χ4v) is 2.27. The van der Waals surface area contributed by atoms with Crippen molar-refractivity contribution in [3.63, 3.8) is 0 Å². The first kappa shape index (κ1) is 15.5. The lowest BCUT2D eigenvalue weighted by Crippen LogP contribution is -2.28. The summed E-state index contributed by atoms with van der Waals surface area (Å²) in [4.78, 5) is 11.9. The first-order valence-corrected chi connectivity index (χ1v) is 7.28. The molecular weight excluding hydrogens is 337 g/mol. The van der Waals surface area contributed by atoms with Crippen LogP contribution in [0, 0.1) is 12.7 Å². The highest BCUT2D eigenvalue weighted by atomic mass is 79.9. The summed E-state index contributed by atoms with van der Waals surface area (Å²) < 4.78 is 18.9. The van der Waals surface area contributed by atoms with Crippen LogP contribution in [0.5, 0.6) is 5.75 Å². The van der Waals surface area contributed by atoms with Crippen LogP contribution >= 0.6 is 15.9 Å². The predicted octanol–water partition coefficient (Wildman–Crippen LogP) is 3.71. The molecule has 2 aromatic rings. The smallest absolute Gasteiger partial charge is 0.252 e. The molecular formula is C16H15BrFNO2. The second-order valence-electron chi connectivity index (χ2n) is 4.54. The third-order valence-corrected chi connectivity index (χ3v) is 3.51. The first-order chi connectivity index (χ1) is 10.1. The maximum atomic E-state index is 13.0. The van der Waals surface area contributed by atoms with Crippen LogP contribution in [0.3, 0.4) is 0 Å². The molecule has 0 unspecified atom stereocenters. The molecule has 0 aromatic heterocycles. The van der Waals surface area contributed by atoms with Gasteiger partial charge in [0.2, 0.25) is 0 Å². The highest BCUT2D eigenvalue weighted by Gasteiger charge is 2.09. The minimum Gasteiger partial charge on any atom is -0.492 e. The number of benzene rings is 2. The molecule has 0 aliphatic rings. The van der Waals surface area contributed by atoms with Crippen molar-refractivity contribution < 1.29 is 13.9 Å². The number of hydrogen-bond donors (Lipinski definition) is 1. The molecule has 2 aromatic carbocycles. The van der Waals surface area contributed by atoms with Gasteiger partial charge in [-0.05, 0) is 53.2 Å². The Labute approximate surface area is 131 Å². The van der Waals surface area contributed by atoms with E-state index in [0.29, 0.717) is 23.2 Å². The topological polar surface area (TPSA) is 38.3 Å². The van der Waals surface area contributed by atoms with Crippen molar-refractivity contribution in [3.05, 3.63) is 63.9 Å². The second-order valence-corrected chi connectivity index (χ2v) is 5.40. The second kappa shape index (κ2) is 7.22. The van der Waals surface area contributed by atoms with E-state index >= 15 is 0 Å². The largest absolute Gasteiger partial charge is 0.492 e. The third-order valence-electron chi connectivity index (χ3n) is 2.85. The molecule has 0 atom stereocenters. The van der Waals surface area contributed by atoms with Crippen molar-refractivity contribution in [1.82, 2.24) is 5.32 Å². The summed E-state index contributed by atoms with van der Waals surface area (Å²) in [6.45, 7) is 2.74. The minimum atomic E-state index is -0.388. The van der Waals surface area contributed by atoms with Crippen molar-refractivity contribution in [3.8, 4) is 5.75 Å². The summed E-state index contributed by atoms with van der Waals surface area (Å²) in [5.41, 5.74) is 1.56. The molecule has 0 aliphatic carbocycles. The van der Waals surface area contributed by atoms with Crippen molar-refractivity contribution in [2.45, 2.75) is 6.92 Å². The molecule has 1 amide bonds. The van der Waals surface area contributed by atoms with E-state index in [1.165, 1.54) is 18.2 Å². The summed E-state index contributed by atoms with van der Waals surface area (Å²) >= 11 is 3.17. The van der Waals surface area contributed by atoms with Crippen LogP contribution in [0.2, 0.25) is 0 Å². The molecule has 0 bridgehead atoms. The van der Waals surface area contributed by atoms with Gasteiger partial charge in [-0.15, -0.1) is 0 Å². The van der Waals surface area contributed by atoms with Crippen LogP contribution in [0.25, 0.3) is 0 Å². The molecule has 0 spiro atoms. The Balaban J connectivity index is 1.80. The standard InChI is InChI=1S/C16H15BrFNO2/c1-11-2-5-13(6-3-11)21-9-8-19-16(20)14-7-4-12(18)10-15(14)17/h2-7,10H,8-9H2,1H3,(H,19,20). The van der Waals surface area contributed by atoms with Crippen LogP contribution in [-0.4, -0.2) is 19.1 Å². The van der Waals surface area contributed by atoms with Crippen LogP contribution in [0.4, 0.5) is 4.39 Å². The quantitative estimate of drug-likeness (QED) is 0.834. The van der Waals surface area contributed by atoms with Crippen LogP contribution in [0.15, 0.2) is 46.9 Å². The van der Waals surface area contributed by atoms with E-state index in [1.54, 1.807) is 0 Å². The first-order valence-electron chi connectivity index (χ1n) is 6.49. The molecule has 0 saturated heterocycles. The van der Waals surface area contributed by atoms with Gasteiger partial charge in [-0.3, -0.25) is 4.79 Å². The number of aryl methyl sites for hydroxylation is 1. The predicted molar refractivity (Wildman–Crippen MR) is 83.1 cm³/mol. The molecule has 0 saturated carbocycles. The number of ether oxygens (including phenoxy) is 1.